The molecule has 1 amide bonds. The summed E-state index contributed by atoms with van der Waals surface area (Å²) in [7, 11) is 0. The zero-order valence-corrected chi connectivity index (χ0v) is 14.9. The highest BCUT2D eigenvalue weighted by Crippen LogP contribution is 2.14. The lowest BCUT2D eigenvalue weighted by Gasteiger charge is -2.35. The summed E-state index contributed by atoms with van der Waals surface area (Å²) in [6, 6.07) is 8.32. The summed E-state index contributed by atoms with van der Waals surface area (Å²) in [5.74, 6) is 0. The van der Waals surface area contributed by atoms with Gasteiger partial charge in [0.15, 0.2) is 0 Å². The Balaban J connectivity index is 1.80. The van der Waals surface area contributed by atoms with Crippen LogP contribution >= 0.6 is 0 Å². The summed E-state index contributed by atoms with van der Waals surface area (Å²) in [6.07, 6.45) is 3.41. The molecule has 24 heavy (non-hydrogen) atoms. The minimum Gasteiger partial charge on any atom is -0.444 e. The second kappa shape index (κ2) is 8.31. The Morgan fingerprint density at radius 1 is 1.17 bits per heavy atom. The van der Waals surface area contributed by atoms with Crippen molar-refractivity contribution in [2.75, 3.05) is 32.8 Å². The van der Waals surface area contributed by atoms with E-state index in [1.807, 2.05) is 26.8 Å². The molecule has 1 aromatic rings. The fraction of sp³-hybridized carbons (Fsp3) is 0.526. The largest absolute Gasteiger partial charge is 0.444 e. The highest BCUT2D eigenvalue weighted by Gasteiger charge is 2.25. The summed E-state index contributed by atoms with van der Waals surface area (Å²) in [5, 5.41) is 8.79. The van der Waals surface area contributed by atoms with Crippen LogP contribution < -0.4 is 0 Å². The fourth-order valence-electron chi connectivity index (χ4n) is 2.60. The quantitative estimate of drug-likeness (QED) is 0.921. The van der Waals surface area contributed by atoms with Crippen molar-refractivity contribution in [1.82, 2.24) is 9.80 Å². The van der Waals surface area contributed by atoms with Crippen LogP contribution in [0.15, 0.2) is 30.3 Å². The molecule has 132 valence electrons. The van der Waals surface area contributed by atoms with Gasteiger partial charge in [0, 0.05) is 32.7 Å². The first-order chi connectivity index (χ1) is 11.4. The van der Waals surface area contributed by atoms with Crippen molar-refractivity contribution in [3.8, 4) is 0 Å². The van der Waals surface area contributed by atoms with E-state index in [4.69, 9.17) is 9.84 Å². The summed E-state index contributed by atoms with van der Waals surface area (Å²) in [4.78, 5) is 16.2. The number of aliphatic hydroxyl groups excluding tert-OH is 1. The van der Waals surface area contributed by atoms with Crippen LogP contribution in [0.1, 0.15) is 31.9 Å². The van der Waals surface area contributed by atoms with Crippen molar-refractivity contribution in [2.24, 2.45) is 0 Å². The van der Waals surface area contributed by atoms with E-state index in [1.54, 1.807) is 11.0 Å². The van der Waals surface area contributed by atoms with E-state index in [-0.39, 0.29) is 12.7 Å². The van der Waals surface area contributed by atoms with E-state index in [0.29, 0.717) is 13.1 Å². The molecule has 0 bridgehead atoms. The second-order valence-corrected chi connectivity index (χ2v) is 7.07. The number of carbonyl (C=O) groups is 1. The number of aliphatic hydroxyl groups is 1. The van der Waals surface area contributed by atoms with Gasteiger partial charge in [-0.25, -0.2) is 4.79 Å². The normalized spacial score (nSPS) is 16.6. The average Bonchev–Trinajstić information content (AvgIpc) is 2.53. The smallest absolute Gasteiger partial charge is 0.410 e. The standard InChI is InChI=1S/C19H28N2O3/c1-19(2,3)24-18(23)21-12-10-20(11-13-21)15-17-8-6-16(7-9-17)5-4-14-22/h4-9,22H,10-15H2,1-3H3/b5-4+. The number of hydrogen-bond donors (Lipinski definition) is 1. The van der Waals surface area contributed by atoms with Crippen molar-refractivity contribution in [1.29, 1.82) is 0 Å². The number of ether oxygens (including phenoxy) is 1. The number of hydrogen-bond acceptors (Lipinski definition) is 4. The van der Waals surface area contributed by atoms with Crippen LogP contribution in [0.5, 0.6) is 0 Å². The Morgan fingerprint density at radius 2 is 1.79 bits per heavy atom. The first-order valence-corrected chi connectivity index (χ1v) is 8.44. The molecular weight excluding hydrogens is 304 g/mol. The molecule has 1 saturated heterocycles. The lowest BCUT2D eigenvalue weighted by molar-refractivity contribution is 0.0139. The number of amides is 1. The molecule has 0 aromatic heterocycles. The van der Waals surface area contributed by atoms with Gasteiger partial charge >= 0.3 is 6.09 Å². The number of carbonyl (C=O) groups excluding carboxylic acids is 1. The molecule has 1 aromatic carbocycles. The van der Waals surface area contributed by atoms with Crippen LogP contribution in [-0.2, 0) is 11.3 Å². The zero-order chi connectivity index (χ0) is 17.6. The van der Waals surface area contributed by atoms with Crippen molar-refractivity contribution in [2.45, 2.75) is 32.9 Å². The molecule has 5 nitrogen and oxygen atoms in total. The molecular formula is C19H28N2O3. The van der Waals surface area contributed by atoms with Crippen LogP contribution in [0.2, 0.25) is 0 Å². The maximum atomic E-state index is 12.1. The molecule has 1 aliphatic rings. The SMILES string of the molecule is CC(C)(C)OC(=O)N1CCN(Cc2ccc(/C=C/CO)cc2)CC1. The van der Waals surface area contributed by atoms with Crippen molar-refractivity contribution in [3.63, 3.8) is 0 Å². The van der Waals surface area contributed by atoms with Gasteiger partial charge in [0.25, 0.3) is 0 Å². The Hall–Kier alpha value is -1.85. The summed E-state index contributed by atoms with van der Waals surface area (Å²) < 4.78 is 5.42. The predicted octanol–water partition coefficient (Wildman–Crippen LogP) is 2.74. The average molecular weight is 332 g/mol. The molecule has 5 heteroatoms. The van der Waals surface area contributed by atoms with Gasteiger partial charge in [-0.15, -0.1) is 0 Å². The van der Waals surface area contributed by atoms with E-state index in [2.05, 4.69) is 29.2 Å². The third-order valence-electron chi connectivity index (χ3n) is 3.83. The molecule has 1 aliphatic heterocycles. The van der Waals surface area contributed by atoms with Crippen LogP contribution in [0.4, 0.5) is 4.79 Å². The highest BCUT2D eigenvalue weighted by molar-refractivity contribution is 5.68. The molecule has 1 heterocycles. The van der Waals surface area contributed by atoms with E-state index < -0.39 is 5.60 Å². The lowest BCUT2D eigenvalue weighted by atomic mass is 10.1. The Bertz CT molecular complexity index is 553. The van der Waals surface area contributed by atoms with Crippen molar-refractivity contribution in [3.05, 3.63) is 41.5 Å². The highest BCUT2D eigenvalue weighted by atomic mass is 16.6. The predicted molar refractivity (Wildman–Crippen MR) is 95.6 cm³/mol. The summed E-state index contributed by atoms with van der Waals surface area (Å²) >= 11 is 0. The molecule has 0 saturated carbocycles. The zero-order valence-electron chi connectivity index (χ0n) is 14.9. The molecule has 0 aliphatic carbocycles. The van der Waals surface area contributed by atoms with Gasteiger partial charge in [0.1, 0.15) is 5.60 Å². The summed E-state index contributed by atoms with van der Waals surface area (Å²) in [6.45, 7) is 9.72. The molecule has 1 fully saturated rings. The van der Waals surface area contributed by atoms with E-state index in [9.17, 15) is 4.79 Å². The van der Waals surface area contributed by atoms with Gasteiger partial charge in [-0.05, 0) is 31.9 Å². The minimum atomic E-state index is -0.444. The number of benzene rings is 1. The second-order valence-electron chi connectivity index (χ2n) is 7.07. The Labute approximate surface area is 144 Å². The first-order valence-electron chi connectivity index (χ1n) is 8.44. The van der Waals surface area contributed by atoms with Gasteiger partial charge in [-0.2, -0.15) is 0 Å². The van der Waals surface area contributed by atoms with Gasteiger partial charge < -0.3 is 14.7 Å². The monoisotopic (exact) mass is 332 g/mol. The Kier molecular flexibility index (Phi) is 6.40. The van der Waals surface area contributed by atoms with Gasteiger partial charge in [0.05, 0.1) is 6.61 Å². The molecule has 0 radical (unpaired) electrons. The maximum Gasteiger partial charge on any atom is 0.410 e. The third kappa shape index (κ3) is 5.98. The topological polar surface area (TPSA) is 53.0 Å². The van der Waals surface area contributed by atoms with Crippen LogP contribution in [-0.4, -0.2) is 59.4 Å². The van der Waals surface area contributed by atoms with E-state index in [0.717, 1.165) is 25.2 Å². The lowest BCUT2D eigenvalue weighted by Crippen LogP contribution is -2.49. The van der Waals surface area contributed by atoms with Crippen LogP contribution in [0.25, 0.3) is 6.08 Å². The molecule has 1 N–H and O–H groups in total. The van der Waals surface area contributed by atoms with Gasteiger partial charge in [0.2, 0.25) is 0 Å². The van der Waals surface area contributed by atoms with Crippen molar-refractivity contribution < 1.29 is 14.6 Å². The number of piperazine rings is 1. The Morgan fingerprint density at radius 3 is 2.33 bits per heavy atom. The first kappa shape index (κ1) is 18.5. The fourth-order valence-corrected chi connectivity index (χ4v) is 2.60. The maximum absolute atomic E-state index is 12.1. The van der Waals surface area contributed by atoms with Gasteiger partial charge in [-0.3, -0.25) is 4.90 Å². The third-order valence-corrected chi connectivity index (χ3v) is 3.83. The molecule has 0 unspecified atom stereocenters. The van der Waals surface area contributed by atoms with Gasteiger partial charge in [-0.1, -0.05) is 36.4 Å². The van der Waals surface area contributed by atoms with Crippen LogP contribution in [0, 0.1) is 0 Å². The van der Waals surface area contributed by atoms with Crippen molar-refractivity contribution >= 4 is 12.2 Å². The molecule has 0 spiro atoms. The molecule has 0 atom stereocenters. The minimum absolute atomic E-state index is 0.0592. The number of nitrogens with zero attached hydrogens (tertiary/aromatic N) is 2. The number of rotatable bonds is 4. The van der Waals surface area contributed by atoms with E-state index in [1.165, 1.54) is 5.56 Å². The van der Waals surface area contributed by atoms with Crippen LogP contribution in [0.3, 0.4) is 0 Å². The summed E-state index contributed by atoms with van der Waals surface area (Å²) in [5.41, 5.74) is 1.89. The molecule has 2 rings (SSSR count). The van der Waals surface area contributed by atoms with E-state index >= 15 is 0 Å².